The van der Waals surface area contributed by atoms with Crippen LogP contribution >= 0.6 is 0 Å². The van der Waals surface area contributed by atoms with Gasteiger partial charge in [-0.25, -0.2) is 0 Å². The van der Waals surface area contributed by atoms with Crippen molar-refractivity contribution in [3.8, 4) is 0 Å². The zero-order chi connectivity index (χ0) is 10.7. The van der Waals surface area contributed by atoms with E-state index in [1.165, 1.54) is 0 Å². The smallest absolute Gasteiger partial charge is 0.255 e. The first kappa shape index (κ1) is 10.1. The van der Waals surface area contributed by atoms with Gasteiger partial charge in [0.15, 0.2) is 0 Å². The van der Waals surface area contributed by atoms with Crippen LogP contribution in [0.1, 0.15) is 23.2 Å². The third-order valence-corrected chi connectivity index (χ3v) is 2.65. The summed E-state index contributed by atoms with van der Waals surface area (Å²) >= 11 is 0. The van der Waals surface area contributed by atoms with Crippen molar-refractivity contribution in [2.45, 2.75) is 18.9 Å². The Morgan fingerprint density at radius 1 is 1.60 bits per heavy atom. The summed E-state index contributed by atoms with van der Waals surface area (Å²) in [5.74, 6) is 0.0400. The number of carbonyl (C=O) groups excluding carboxylic acids is 1. The van der Waals surface area contributed by atoms with Gasteiger partial charge in [0.05, 0.1) is 5.56 Å². The van der Waals surface area contributed by atoms with E-state index in [9.17, 15) is 4.79 Å². The quantitative estimate of drug-likeness (QED) is 0.732. The Balaban J connectivity index is 2.08. The SMILES string of the molecule is NC1CCCN(C(=O)c2cccnc2)C1. The minimum Gasteiger partial charge on any atom is -0.337 e. The summed E-state index contributed by atoms with van der Waals surface area (Å²) in [4.78, 5) is 17.7. The number of nitrogens with two attached hydrogens (primary N) is 1. The lowest BCUT2D eigenvalue weighted by Gasteiger charge is -2.30. The summed E-state index contributed by atoms with van der Waals surface area (Å²) in [6, 6.07) is 3.69. The van der Waals surface area contributed by atoms with E-state index in [1.807, 2.05) is 4.90 Å². The van der Waals surface area contributed by atoms with Gasteiger partial charge in [0.1, 0.15) is 0 Å². The second-order valence-corrected chi connectivity index (χ2v) is 3.90. The van der Waals surface area contributed by atoms with Gasteiger partial charge >= 0.3 is 0 Å². The van der Waals surface area contributed by atoms with E-state index in [0.29, 0.717) is 12.1 Å². The Bertz CT molecular complexity index is 339. The fraction of sp³-hybridized carbons (Fsp3) is 0.455. The molecule has 1 aliphatic rings. The Labute approximate surface area is 89.1 Å². The second kappa shape index (κ2) is 4.40. The fourth-order valence-corrected chi connectivity index (χ4v) is 1.87. The van der Waals surface area contributed by atoms with Gasteiger partial charge < -0.3 is 10.6 Å². The molecule has 0 saturated carbocycles. The summed E-state index contributed by atoms with van der Waals surface area (Å²) in [7, 11) is 0. The van der Waals surface area contributed by atoms with Gasteiger partial charge in [0.25, 0.3) is 5.91 Å². The van der Waals surface area contributed by atoms with E-state index in [0.717, 1.165) is 19.4 Å². The van der Waals surface area contributed by atoms with Crippen molar-refractivity contribution in [2.75, 3.05) is 13.1 Å². The summed E-state index contributed by atoms with van der Waals surface area (Å²) in [6.45, 7) is 1.47. The predicted octanol–water partition coefficient (Wildman–Crippen LogP) is 0.645. The maximum atomic E-state index is 12.0. The van der Waals surface area contributed by atoms with Crippen LogP contribution in [-0.2, 0) is 0 Å². The lowest BCUT2D eigenvalue weighted by Crippen LogP contribution is -2.45. The number of likely N-dealkylation sites (tertiary alicyclic amines) is 1. The van der Waals surface area contributed by atoms with Crippen LogP contribution < -0.4 is 5.73 Å². The van der Waals surface area contributed by atoms with Crippen LogP contribution in [0.5, 0.6) is 0 Å². The molecule has 1 atom stereocenters. The highest BCUT2D eigenvalue weighted by Gasteiger charge is 2.21. The normalized spacial score (nSPS) is 21.4. The molecule has 1 unspecified atom stereocenters. The molecule has 0 aromatic carbocycles. The van der Waals surface area contributed by atoms with E-state index < -0.39 is 0 Å². The lowest BCUT2D eigenvalue weighted by atomic mass is 10.1. The van der Waals surface area contributed by atoms with E-state index in [2.05, 4.69) is 4.98 Å². The largest absolute Gasteiger partial charge is 0.337 e. The molecule has 0 spiro atoms. The standard InChI is InChI=1S/C11H15N3O/c12-10-4-2-6-14(8-10)11(15)9-3-1-5-13-7-9/h1,3,5,7,10H,2,4,6,8,12H2. The fourth-order valence-electron chi connectivity index (χ4n) is 1.87. The lowest BCUT2D eigenvalue weighted by molar-refractivity contribution is 0.0708. The Morgan fingerprint density at radius 3 is 3.13 bits per heavy atom. The first-order valence-corrected chi connectivity index (χ1v) is 5.22. The van der Waals surface area contributed by atoms with Gasteiger partial charge in [-0.3, -0.25) is 9.78 Å². The number of rotatable bonds is 1. The van der Waals surface area contributed by atoms with Crippen LogP contribution in [0.2, 0.25) is 0 Å². The van der Waals surface area contributed by atoms with Crippen molar-refractivity contribution >= 4 is 5.91 Å². The number of carbonyl (C=O) groups is 1. The average Bonchev–Trinajstić information content (AvgIpc) is 2.29. The Kier molecular flexibility index (Phi) is 2.97. The van der Waals surface area contributed by atoms with Crippen LogP contribution in [0, 0.1) is 0 Å². The average molecular weight is 205 g/mol. The van der Waals surface area contributed by atoms with Gasteiger partial charge in [-0.1, -0.05) is 0 Å². The molecule has 1 aromatic rings. The van der Waals surface area contributed by atoms with Crippen LogP contribution in [0.4, 0.5) is 0 Å². The van der Waals surface area contributed by atoms with E-state index in [-0.39, 0.29) is 11.9 Å². The highest BCUT2D eigenvalue weighted by Crippen LogP contribution is 2.11. The van der Waals surface area contributed by atoms with Crippen molar-refractivity contribution < 1.29 is 4.79 Å². The number of piperidine rings is 1. The highest BCUT2D eigenvalue weighted by atomic mass is 16.2. The molecule has 2 rings (SSSR count). The van der Waals surface area contributed by atoms with Gasteiger partial charge in [-0.2, -0.15) is 0 Å². The van der Waals surface area contributed by atoms with Gasteiger partial charge in [0.2, 0.25) is 0 Å². The van der Waals surface area contributed by atoms with E-state index in [4.69, 9.17) is 5.73 Å². The van der Waals surface area contributed by atoms with Crippen molar-refractivity contribution in [3.63, 3.8) is 0 Å². The third kappa shape index (κ3) is 2.33. The molecule has 0 aliphatic carbocycles. The van der Waals surface area contributed by atoms with Crippen molar-refractivity contribution in [2.24, 2.45) is 5.73 Å². The number of hydrogen-bond acceptors (Lipinski definition) is 3. The molecule has 80 valence electrons. The molecule has 1 fully saturated rings. The number of amides is 1. The molecule has 4 heteroatoms. The molecular weight excluding hydrogens is 190 g/mol. The molecule has 1 saturated heterocycles. The zero-order valence-electron chi connectivity index (χ0n) is 8.60. The van der Waals surface area contributed by atoms with E-state index in [1.54, 1.807) is 24.5 Å². The monoisotopic (exact) mass is 205 g/mol. The summed E-state index contributed by atoms with van der Waals surface area (Å²) < 4.78 is 0. The summed E-state index contributed by atoms with van der Waals surface area (Å²) in [5, 5.41) is 0. The molecule has 2 heterocycles. The predicted molar refractivity (Wildman–Crippen MR) is 57.3 cm³/mol. The maximum Gasteiger partial charge on any atom is 0.255 e. The first-order valence-electron chi connectivity index (χ1n) is 5.22. The molecule has 15 heavy (non-hydrogen) atoms. The number of hydrogen-bond donors (Lipinski definition) is 1. The van der Waals surface area contributed by atoms with Crippen LogP contribution in [0.25, 0.3) is 0 Å². The molecule has 0 bridgehead atoms. The van der Waals surface area contributed by atoms with Gasteiger partial charge in [-0.05, 0) is 25.0 Å². The van der Waals surface area contributed by atoms with Crippen molar-refractivity contribution in [1.29, 1.82) is 0 Å². The van der Waals surface area contributed by atoms with Gasteiger partial charge in [-0.15, -0.1) is 0 Å². The van der Waals surface area contributed by atoms with Crippen molar-refractivity contribution in [1.82, 2.24) is 9.88 Å². The van der Waals surface area contributed by atoms with Crippen LogP contribution in [-0.4, -0.2) is 34.9 Å². The molecule has 2 N–H and O–H groups in total. The second-order valence-electron chi connectivity index (χ2n) is 3.90. The highest BCUT2D eigenvalue weighted by molar-refractivity contribution is 5.93. The minimum atomic E-state index is 0.0400. The molecule has 4 nitrogen and oxygen atoms in total. The molecule has 1 aliphatic heterocycles. The number of pyridine rings is 1. The molecule has 1 amide bonds. The number of aromatic nitrogens is 1. The molecular formula is C11H15N3O. The summed E-state index contributed by atoms with van der Waals surface area (Å²) in [5.41, 5.74) is 6.48. The zero-order valence-corrected chi connectivity index (χ0v) is 8.60. The third-order valence-electron chi connectivity index (χ3n) is 2.65. The Hall–Kier alpha value is -1.42. The molecule has 1 aromatic heterocycles. The first-order chi connectivity index (χ1) is 7.27. The summed E-state index contributed by atoms with van der Waals surface area (Å²) in [6.07, 6.45) is 5.27. The minimum absolute atomic E-state index is 0.0400. The number of nitrogens with zero attached hydrogens (tertiary/aromatic N) is 2. The van der Waals surface area contributed by atoms with Crippen LogP contribution in [0.3, 0.4) is 0 Å². The van der Waals surface area contributed by atoms with Gasteiger partial charge in [0, 0.05) is 31.5 Å². The van der Waals surface area contributed by atoms with Crippen molar-refractivity contribution in [3.05, 3.63) is 30.1 Å². The topological polar surface area (TPSA) is 59.2 Å². The maximum absolute atomic E-state index is 12.0. The Morgan fingerprint density at radius 2 is 2.47 bits per heavy atom. The molecule has 0 radical (unpaired) electrons. The van der Waals surface area contributed by atoms with Crippen LogP contribution in [0.15, 0.2) is 24.5 Å². The van der Waals surface area contributed by atoms with E-state index >= 15 is 0 Å².